The second kappa shape index (κ2) is 7.43. The number of carboxylic acid groups (broad SMARTS) is 1. The molecular weight excluding hydrogens is 336 g/mol. The Morgan fingerprint density at radius 2 is 2.08 bits per heavy atom. The standard InChI is InChI=1S/C19H20N2O5/c1-2-5-14(19(24)25)20-18(23)17-13(8-9-26-17)11-21-15-7-4-3-6-12(15)10-16(21)22/h3-4,6-9,14H,2,5,10-11H2,1H3,(H,20,23)(H,24,25). The van der Waals surface area contributed by atoms with E-state index in [1.165, 1.54) is 6.26 Å². The summed E-state index contributed by atoms with van der Waals surface area (Å²) in [6, 6.07) is 8.15. The highest BCUT2D eigenvalue weighted by Gasteiger charge is 2.29. The molecule has 0 saturated carbocycles. The predicted octanol–water partition coefficient (Wildman–Crippen LogP) is 2.35. The maximum absolute atomic E-state index is 12.4. The van der Waals surface area contributed by atoms with Crippen molar-refractivity contribution >= 4 is 23.5 Å². The lowest BCUT2D eigenvalue weighted by Gasteiger charge is -2.18. The fourth-order valence-electron chi connectivity index (χ4n) is 3.09. The van der Waals surface area contributed by atoms with Crippen LogP contribution in [0.25, 0.3) is 0 Å². The van der Waals surface area contributed by atoms with E-state index in [2.05, 4.69) is 5.32 Å². The van der Waals surface area contributed by atoms with Gasteiger partial charge in [-0.1, -0.05) is 31.5 Å². The normalized spacial score (nSPS) is 14.2. The lowest BCUT2D eigenvalue weighted by atomic mass is 10.1. The lowest BCUT2D eigenvalue weighted by molar-refractivity contribution is -0.139. The Morgan fingerprint density at radius 3 is 2.81 bits per heavy atom. The van der Waals surface area contributed by atoms with Gasteiger partial charge in [0.2, 0.25) is 5.91 Å². The molecule has 1 aliphatic heterocycles. The van der Waals surface area contributed by atoms with E-state index in [4.69, 9.17) is 4.42 Å². The zero-order valence-corrected chi connectivity index (χ0v) is 14.4. The van der Waals surface area contributed by atoms with Gasteiger partial charge in [-0.05, 0) is 24.1 Å². The molecule has 3 rings (SSSR count). The number of nitrogens with zero attached hydrogens (tertiary/aromatic N) is 1. The third kappa shape index (κ3) is 3.46. The SMILES string of the molecule is CCCC(NC(=O)c1occc1CN1C(=O)Cc2ccccc21)C(=O)O. The molecular formula is C19H20N2O5. The van der Waals surface area contributed by atoms with Crippen LogP contribution in [0.15, 0.2) is 41.0 Å². The van der Waals surface area contributed by atoms with Gasteiger partial charge in [-0.2, -0.15) is 0 Å². The first-order valence-corrected chi connectivity index (χ1v) is 8.49. The number of benzene rings is 1. The Bertz CT molecular complexity index is 842. The first-order chi connectivity index (χ1) is 12.5. The third-order valence-electron chi connectivity index (χ3n) is 4.39. The van der Waals surface area contributed by atoms with Gasteiger partial charge in [-0.3, -0.25) is 9.59 Å². The number of carbonyl (C=O) groups is 3. The molecule has 1 unspecified atom stereocenters. The quantitative estimate of drug-likeness (QED) is 0.793. The lowest BCUT2D eigenvalue weighted by Crippen LogP contribution is -2.41. The van der Waals surface area contributed by atoms with Crippen molar-refractivity contribution in [1.29, 1.82) is 0 Å². The summed E-state index contributed by atoms with van der Waals surface area (Å²) in [6.45, 7) is 2.04. The fraction of sp³-hybridized carbons (Fsp3) is 0.316. The summed E-state index contributed by atoms with van der Waals surface area (Å²) in [4.78, 5) is 37.6. The minimum atomic E-state index is -1.09. The first kappa shape index (κ1) is 17.7. The maximum atomic E-state index is 12.4. The molecule has 2 heterocycles. The molecule has 1 aromatic heterocycles. The number of hydrogen-bond donors (Lipinski definition) is 2. The number of anilines is 1. The smallest absolute Gasteiger partial charge is 0.326 e. The zero-order chi connectivity index (χ0) is 18.7. The van der Waals surface area contributed by atoms with Crippen molar-refractivity contribution in [1.82, 2.24) is 5.32 Å². The second-order valence-electron chi connectivity index (χ2n) is 6.21. The van der Waals surface area contributed by atoms with Gasteiger partial charge in [-0.15, -0.1) is 0 Å². The molecule has 0 aliphatic carbocycles. The number of aliphatic carboxylic acids is 1. The van der Waals surface area contributed by atoms with Crippen molar-refractivity contribution in [3.8, 4) is 0 Å². The van der Waals surface area contributed by atoms with Gasteiger partial charge >= 0.3 is 5.97 Å². The highest BCUT2D eigenvalue weighted by Crippen LogP contribution is 2.30. The molecule has 0 spiro atoms. The summed E-state index contributed by atoms with van der Waals surface area (Å²) < 4.78 is 5.28. The molecule has 7 heteroatoms. The van der Waals surface area contributed by atoms with E-state index < -0.39 is 17.9 Å². The van der Waals surface area contributed by atoms with Gasteiger partial charge in [0.1, 0.15) is 6.04 Å². The van der Waals surface area contributed by atoms with Crippen LogP contribution in [0.4, 0.5) is 5.69 Å². The van der Waals surface area contributed by atoms with Crippen LogP contribution in [0.3, 0.4) is 0 Å². The molecule has 2 aromatic rings. The van der Waals surface area contributed by atoms with E-state index >= 15 is 0 Å². The highest BCUT2D eigenvalue weighted by atomic mass is 16.4. The number of para-hydroxylation sites is 1. The van der Waals surface area contributed by atoms with Crippen molar-refractivity contribution in [3.63, 3.8) is 0 Å². The van der Waals surface area contributed by atoms with Crippen LogP contribution in [0.2, 0.25) is 0 Å². The summed E-state index contributed by atoms with van der Waals surface area (Å²) in [5.74, 6) is -1.69. The number of amides is 2. The van der Waals surface area contributed by atoms with Crippen molar-refractivity contribution in [2.24, 2.45) is 0 Å². The van der Waals surface area contributed by atoms with Gasteiger partial charge in [-0.25, -0.2) is 4.79 Å². The van der Waals surface area contributed by atoms with Crippen molar-refractivity contribution < 1.29 is 23.9 Å². The van der Waals surface area contributed by atoms with Crippen LogP contribution in [-0.2, 0) is 22.6 Å². The second-order valence-corrected chi connectivity index (χ2v) is 6.21. The van der Waals surface area contributed by atoms with E-state index in [1.54, 1.807) is 11.0 Å². The number of carbonyl (C=O) groups excluding carboxylic acids is 2. The number of furan rings is 1. The van der Waals surface area contributed by atoms with Gasteiger partial charge in [0.05, 0.1) is 19.2 Å². The van der Waals surface area contributed by atoms with E-state index in [0.29, 0.717) is 24.8 Å². The molecule has 136 valence electrons. The number of hydrogen-bond acceptors (Lipinski definition) is 4. The molecule has 2 amide bonds. The van der Waals surface area contributed by atoms with Crippen LogP contribution in [-0.4, -0.2) is 28.9 Å². The zero-order valence-electron chi connectivity index (χ0n) is 14.4. The van der Waals surface area contributed by atoms with E-state index in [9.17, 15) is 19.5 Å². The van der Waals surface area contributed by atoms with Gasteiger partial charge in [0.15, 0.2) is 5.76 Å². The van der Waals surface area contributed by atoms with Crippen LogP contribution in [0.5, 0.6) is 0 Å². The number of carboxylic acids is 1. The predicted molar refractivity (Wildman–Crippen MR) is 93.8 cm³/mol. The fourth-order valence-corrected chi connectivity index (χ4v) is 3.09. The topological polar surface area (TPSA) is 99.9 Å². The van der Waals surface area contributed by atoms with Gasteiger partial charge in [0.25, 0.3) is 5.91 Å². The Morgan fingerprint density at radius 1 is 1.31 bits per heavy atom. The van der Waals surface area contributed by atoms with Gasteiger partial charge < -0.3 is 19.7 Å². The third-order valence-corrected chi connectivity index (χ3v) is 4.39. The summed E-state index contributed by atoms with van der Waals surface area (Å²) in [5.41, 5.74) is 2.30. The molecule has 1 aliphatic rings. The molecule has 0 bridgehead atoms. The van der Waals surface area contributed by atoms with E-state index in [-0.39, 0.29) is 18.2 Å². The minimum Gasteiger partial charge on any atom is -0.480 e. The molecule has 2 N–H and O–H groups in total. The highest BCUT2D eigenvalue weighted by molar-refractivity contribution is 6.02. The van der Waals surface area contributed by atoms with Crippen LogP contribution in [0.1, 0.15) is 41.4 Å². The number of fused-ring (bicyclic) bond motifs is 1. The summed E-state index contributed by atoms with van der Waals surface area (Å²) in [6.07, 6.45) is 2.65. The van der Waals surface area contributed by atoms with Crippen LogP contribution >= 0.6 is 0 Å². The molecule has 1 aromatic carbocycles. The Balaban J connectivity index is 1.78. The molecule has 0 radical (unpaired) electrons. The van der Waals surface area contributed by atoms with E-state index in [1.807, 2.05) is 31.2 Å². The molecule has 26 heavy (non-hydrogen) atoms. The number of rotatable bonds is 7. The van der Waals surface area contributed by atoms with Gasteiger partial charge in [0, 0.05) is 11.3 Å². The van der Waals surface area contributed by atoms with Crippen molar-refractivity contribution in [2.45, 2.75) is 38.8 Å². The van der Waals surface area contributed by atoms with Crippen molar-refractivity contribution in [3.05, 3.63) is 53.5 Å². The summed E-state index contributed by atoms with van der Waals surface area (Å²) in [7, 11) is 0. The Hall–Kier alpha value is -3.09. The average Bonchev–Trinajstić information content (AvgIpc) is 3.19. The molecule has 0 fully saturated rings. The molecule has 7 nitrogen and oxygen atoms in total. The maximum Gasteiger partial charge on any atom is 0.326 e. The largest absolute Gasteiger partial charge is 0.480 e. The monoisotopic (exact) mass is 356 g/mol. The Kier molecular flexibility index (Phi) is 5.06. The van der Waals surface area contributed by atoms with Crippen LogP contribution < -0.4 is 10.2 Å². The van der Waals surface area contributed by atoms with Crippen LogP contribution in [0, 0.1) is 0 Å². The average molecular weight is 356 g/mol. The molecule has 0 saturated heterocycles. The van der Waals surface area contributed by atoms with Crippen molar-refractivity contribution in [2.75, 3.05) is 4.90 Å². The molecule has 1 atom stereocenters. The first-order valence-electron chi connectivity index (χ1n) is 8.49. The number of nitrogens with one attached hydrogen (secondary N) is 1. The summed E-state index contributed by atoms with van der Waals surface area (Å²) in [5, 5.41) is 11.7. The summed E-state index contributed by atoms with van der Waals surface area (Å²) >= 11 is 0. The minimum absolute atomic E-state index is 0.0320. The Labute approximate surface area is 150 Å². The van der Waals surface area contributed by atoms with E-state index in [0.717, 1.165) is 11.3 Å².